The normalized spacial score (nSPS) is 14.2. The third kappa shape index (κ3) is 3.15. The van der Waals surface area contributed by atoms with Crippen LogP contribution in [-0.4, -0.2) is 26.5 Å². The van der Waals surface area contributed by atoms with Crippen molar-refractivity contribution in [3.05, 3.63) is 35.4 Å². The number of carbonyl (C=O) groups is 2. The van der Waals surface area contributed by atoms with E-state index in [-0.39, 0.29) is 5.78 Å². The Labute approximate surface area is 110 Å². The number of carbonyl (C=O) groups excluding carboxylic acids is 1. The average molecular weight is 350 g/mol. The quantitative estimate of drug-likeness (QED) is 0.671. The van der Waals surface area contributed by atoms with E-state index in [1.165, 1.54) is 0 Å². The van der Waals surface area contributed by atoms with E-state index in [2.05, 4.69) is 31.9 Å². The van der Waals surface area contributed by atoms with E-state index in [0.717, 1.165) is 5.56 Å². The zero-order chi connectivity index (χ0) is 12.3. The van der Waals surface area contributed by atoms with Crippen molar-refractivity contribution in [3.8, 4) is 0 Å². The number of rotatable bonds is 4. The summed E-state index contributed by atoms with van der Waals surface area (Å²) in [6.45, 7) is 1.92. The summed E-state index contributed by atoms with van der Waals surface area (Å²) in [4.78, 5) is 20.9. The van der Waals surface area contributed by atoms with Crippen LogP contribution in [0.3, 0.4) is 0 Å². The SMILES string of the molecule is Cc1ccc(C(=O)[C@@H](Br)[C@H](Br)C(=O)O)cc1. The van der Waals surface area contributed by atoms with Crippen LogP contribution in [0.4, 0.5) is 0 Å². The van der Waals surface area contributed by atoms with Gasteiger partial charge in [0.05, 0.1) is 0 Å². The second kappa shape index (κ2) is 5.59. The van der Waals surface area contributed by atoms with E-state index in [4.69, 9.17) is 5.11 Å². The number of alkyl halides is 2. The molecule has 0 bridgehead atoms. The highest BCUT2D eigenvalue weighted by atomic mass is 79.9. The lowest BCUT2D eigenvalue weighted by Crippen LogP contribution is -2.30. The molecule has 1 rings (SSSR count). The van der Waals surface area contributed by atoms with Crippen LogP contribution in [0.1, 0.15) is 15.9 Å². The van der Waals surface area contributed by atoms with E-state index in [1.54, 1.807) is 12.1 Å². The largest absolute Gasteiger partial charge is 0.480 e. The number of ketones is 1. The summed E-state index contributed by atoms with van der Waals surface area (Å²) in [5.41, 5.74) is 1.55. The molecule has 2 atom stereocenters. The monoisotopic (exact) mass is 348 g/mol. The summed E-state index contributed by atoms with van der Waals surface area (Å²) in [5, 5.41) is 8.76. The number of carboxylic acid groups (broad SMARTS) is 1. The fraction of sp³-hybridized carbons (Fsp3) is 0.273. The van der Waals surface area contributed by atoms with Crippen LogP contribution in [0.2, 0.25) is 0 Å². The molecule has 5 heteroatoms. The highest BCUT2D eigenvalue weighted by Gasteiger charge is 2.29. The fourth-order valence-corrected chi connectivity index (χ4v) is 1.87. The molecule has 0 saturated heterocycles. The maximum atomic E-state index is 11.9. The summed E-state index contributed by atoms with van der Waals surface area (Å²) in [6, 6.07) is 7.01. The minimum Gasteiger partial charge on any atom is -0.480 e. The van der Waals surface area contributed by atoms with Gasteiger partial charge in [-0.15, -0.1) is 0 Å². The Bertz CT molecular complexity index is 400. The molecule has 3 nitrogen and oxygen atoms in total. The summed E-state index contributed by atoms with van der Waals surface area (Å²) in [6.07, 6.45) is 0. The van der Waals surface area contributed by atoms with Gasteiger partial charge in [0.1, 0.15) is 9.65 Å². The average Bonchev–Trinajstić information content (AvgIpc) is 2.27. The van der Waals surface area contributed by atoms with Crippen LogP contribution in [0, 0.1) is 6.92 Å². The number of halogens is 2. The second-order valence-corrected chi connectivity index (χ2v) is 5.35. The Morgan fingerprint density at radius 1 is 1.12 bits per heavy atom. The summed E-state index contributed by atoms with van der Waals surface area (Å²) >= 11 is 6.04. The molecule has 0 aliphatic rings. The highest BCUT2D eigenvalue weighted by molar-refractivity contribution is 9.12. The Kier molecular flexibility index (Phi) is 4.68. The maximum Gasteiger partial charge on any atom is 0.318 e. The molecule has 0 aliphatic carbocycles. The van der Waals surface area contributed by atoms with Crippen LogP contribution in [-0.2, 0) is 4.79 Å². The Morgan fingerprint density at radius 3 is 2.06 bits per heavy atom. The van der Waals surface area contributed by atoms with E-state index >= 15 is 0 Å². The van der Waals surface area contributed by atoms with Gasteiger partial charge in [-0.1, -0.05) is 61.7 Å². The second-order valence-electron chi connectivity index (χ2n) is 3.37. The minimum absolute atomic E-state index is 0.246. The van der Waals surface area contributed by atoms with Gasteiger partial charge in [-0.2, -0.15) is 0 Å². The predicted molar refractivity (Wildman–Crippen MR) is 68.6 cm³/mol. The van der Waals surface area contributed by atoms with E-state index in [9.17, 15) is 9.59 Å². The molecule has 0 radical (unpaired) electrons. The number of benzene rings is 1. The number of hydrogen-bond donors (Lipinski definition) is 1. The van der Waals surface area contributed by atoms with Crippen LogP contribution in [0.15, 0.2) is 24.3 Å². The van der Waals surface area contributed by atoms with Crippen molar-refractivity contribution in [3.63, 3.8) is 0 Å². The van der Waals surface area contributed by atoms with Gasteiger partial charge in [0.2, 0.25) is 0 Å². The van der Waals surface area contributed by atoms with Gasteiger partial charge in [0.25, 0.3) is 0 Å². The van der Waals surface area contributed by atoms with Crippen molar-refractivity contribution in [2.24, 2.45) is 0 Å². The molecular formula is C11H10Br2O3. The molecule has 1 N–H and O–H groups in total. The fourth-order valence-electron chi connectivity index (χ4n) is 1.14. The molecule has 86 valence electrons. The Morgan fingerprint density at radius 2 is 1.62 bits per heavy atom. The molecule has 0 heterocycles. The number of hydrogen-bond acceptors (Lipinski definition) is 2. The van der Waals surface area contributed by atoms with Gasteiger partial charge in [-0.3, -0.25) is 9.59 Å². The molecule has 16 heavy (non-hydrogen) atoms. The Balaban J connectivity index is 2.86. The molecule has 1 aromatic rings. The van der Waals surface area contributed by atoms with Crippen molar-refractivity contribution >= 4 is 43.6 Å². The van der Waals surface area contributed by atoms with Crippen LogP contribution in [0.25, 0.3) is 0 Å². The molecule has 0 saturated carbocycles. The van der Waals surface area contributed by atoms with E-state index in [1.807, 2.05) is 19.1 Å². The van der Waals surface area contributed by atoms with Gasteiger partial charge in [-0.05, 0) is 6.92 Å². The molecular weight excluding hydrogens is 340 g/mol. The molecule has 1 aromatic carbocycles. The van der Waals surface area contributed by atoms with Crippen molar-refractivity contribution in [1.82, 2.24) is 0 Å². The van der Waals surface area contributed by atoms with Crippen LogP contribution >= 0.6 is 31.9 Å². The van der Waals surface area contributed by atoms with Crippen molar-refractivity contribution in [2.75, 3.05) is 0 Å². The van der Waals surface area contributed by atoms with E-state index < -0.39 is 15.6 Å². The van der Waals surface area contributed by atoms with E-state index in [0.29, 0.717) is 5.56 Å². The summed E-state index contributed by atoms with van der Waals surface area (Å²) in [7, 11) is 0. The lowest BCUT2D eigenvalue weighted by molar-refractivity contribution is -0.136. The highest BCUT2D eigenvalue weighted by Crippen LogP contribution is 2.20. The van der Waals surface area contributed by atoms with Gasteiger partial charge in [-0.25, -0.2) is 0 Å². The predicted octanol–water partition coefficient (Wildman–Crippen LogP) is 2.79. The van der Waals surface area contributed by atoms with Gasteiger partial charge in [0, 0.05) is 5.56 Å². The zero-order valence-electron chi connectivity index (χ0n) is 8.48. The minimum atomic E-state index is -1.07. The van der Waals surface area contributed by atoms with Gasteiger partial charge < -0.3 is 5.11 Å². The third-order valence-electron chi connectivity index (χ3n) is 2.08. The number of carboxylic acids is 1. The first-order valence-corrected chi connectivity index (χ1v) is 6.38. The topological polar surface area (TPSA) is 54.4 Å². The standard InChI is InChI=1S/C11H10Br2O3/c1-6-2-4-7(5-3-6)10(14)8(12)9(13)11(15)16/h2-5,8-9H,1H3,(H,15,16)/t8-,9-/m0/s1. The zero-order valence-corrected chi connectivity index (χ0v) is 11.7. The van der Waals surface area contributed by atoms with Crippen LogP contribution < -0.4 is 0 Å². The number of aliphatic carboxylic acids is 1. The lowest BCUT2D eigenvalue weighted by Gasteiger charge is -2.11. The maximum absolute atomic E-state index is 11.9. The van der Waals surface area contributed by atoms with Gasteiger partial charge in [0.15, 0.2) is 5.78 Å². The first-order chi connectivity index (χ1) is 7.43. The van der Waals surface area contributed by atoms with Crippen molar-refractivity contribution in [2.45, 2.75) is 16.6 Å². The third-order valence-corrected chi connectivity index (χ3v) is 4.65. The molecule has 0 aromatic heterocycles. The summed E-state index contributed by atoms with van der Waals surface area (Å²) < 4.78 is 0. The molecule has 0 aliphatic heterocycles. The molecule has 0 fully saturated rings. The summed E-state index contributed by atoms with van der Waals surface area (Å²) in [5.74, 6) is -1.31. The molecule has 0 unspecified atom stereocenters. The first-order valence-electron chi connectivity index (χ1n) is 4.55. The smallest absolute Gasteiger partial charge is 0.318 e. The number of aryl methyl sites for hydroxylation is 1. The first kappa shape index (κ1) is 13.4. The van der Waals surface area contributed by atoms with Crippen molar-refractivity contribution < 1.29 is 14.7 Å². The van der Waals surface area contributed by atoms with Crippen LogP contribution in [0.5, 0.6) is 0 Å². The molecule has 0 spiro atoms. The lowest BCUT2D eigenvalue weighted by atomic mass is 10.1. The van der Waals surface area contributed by atoms with Crippen molar-refractivity contribution in [1.29, 1.82) is 0 Å². The number of Topliss-reactive ketones (excluding diaryl/α,β-unsaturated/α-hetero) is 1. The Hall–Kier alpha value is -0.680. The van der Waals surface area contributed by atoms with Gasteiger partial charge >= 0.3 is 5.97 Å². The molecule has 0 amide bonds.